The van der Waals surface area contributed by atoms with E-state index in [0.717, 1.165) is 0 Å². The van der Waals surface area contributed by atoms with Crippen LogP contribution in [0.1, 0.15) is 6.92 Å². The van der Waals surface area contributed by atoms with Crippen molar-refractivity contribution in [1.29, 1.82) is 0 Å². The Morgan fingerprint density at radius 3 is 1.91 bits per heavy atom. The van der Waals surface area contributed by atoms with Crippen LogP contribution >= 0.6 is 0 Å². The van der Waals surface area contributed by atoms with Crippen molar-refractivity contribution in [2.75, 3.05) is 27.9 Å². The molecule has 2 aliphatic rings. The molecule has 13 heteroatoms. The maximum atomic E-state index is 10.7. The quantitative estimate of drug-likeness (QED) is 0.229. The third-order valence-electron chi connectivity index (χ3n) is 5.81. The Hall–Kier alpha value is -1.94. The largest absolute Gasteiger partial charge is 0.493 e. The first-order valence-electron chi connectivity index (χ1n) is 10.6. The Bertz CT molecular complexity index is 782. The molecule has 13 nitrogen and oxygen atoms in total. The molecule has 0 saturated carbocycles. The topological polar surface area (TPSA) is 186 Å². The Morgan fingerprint density at radius 2 is 1.38 bits per heavy atom. The molecule has 10 atom stereocenters. The minimum absolute atomic E-state index is 0.141. The molecular weight excluding hydrogens is 460 g/mol. The predicted molar refractivity (Wildman–Crippen MR) is 112 cm³/mol. The van der Waals surface area contributed by atoms with Crippen LogP contribution in [0.25, 0.3) is 0 Å². The van der Waals surface area contributed by atoms with Gasteiger partial charge in [-0.2, -0.15) is 0 Å². The predicted octanol–water partition coefficient (Wildman–Crippen LogP) is -2.26. The van der Waals surface area contributed by atoms with E-state index in [4.69, 9.17) is 33.2 Å². The van der Waals surface area contributed by atoms with Crippen LogP contribution in [0.5, 0.6) is 23.0 Å². The van der Waals surface area contributed by atoms with Gasteiger partial charge >= 0.3 is 0 Å². The number of methoxy groups -OCH3 is 3. The van der Waals surface area contributed by atoms with Crippen LogP contribution in [-0.4, -0.2) is 120 Å². The molecule has 6 N–H and O–H groups in total. The van der Waals surface area contributed by atoms with Gasteiger partial charge in [0.1, 0.15) is 42.4 Å². The molecule has 2 saturated heterocycles. The van der Waals surface area contributed by atoms with E-state index in [-0.39, 0.29) is 17.2 Å². The summed E-state index contributed by atoms with van der Waals surface area (Å²) in [5.74, 6) is 0.976. The highest BCUT2D eigenvalue weighted by atomic mass is 16.8. The molecule has 2 fully saturated rings. The van der Waals surface area contributed by atoms with Crippen molar-refractivity contribution in [3.8, 4) is 23.0 Å². The molecule has 3 rings (SSSR count). The fraction of sp³-hybridized carbons (Fsp3) is 0.714. The third kappa shape index (κ3) is 5.17. The van der Waals surface area contributed by atoms with Gasteiger partial charge in [0.2, 0.25) is 12.0 Å². The van der Waals surface area contributed by atoms with Crippen LogP contribution in [0.2, 0.25) is 0 Å². The van der Waals surface area contributed by atoms with Crippen LogP contribution in [-0.2, 0) is 14.2 Å². The fourth-order valence-corrected chi connectivity index (χ4v) is 3.84. The Labute approximate surface area is 195 Å². The van der Waals surface area contributed by atoms with Gasteiger partial charge in [0, 0.05) is 12.1 Å². The zero-order valence-corrected chi connectivity index (χ0v) is 19.2. The Kier molecular flexibility index (Phi) is 8.78. The summed E-state index contributed by atoms with van der Waals surface area (Å²) >= 11 is 0. The van der Waals surface area contributed by atoms with Crippen LogP contribution in [0, 0.1) is 0 Å². The van der Waals surface area contributed by atoms with Crippen LogP contribution in [0.15, 0.2) is 12.1 Å². The Balaban J connectivity index is 1.90. The lowest BCUT2D eigenvalue weighted by molar-refractivity contribution is -0.354. The molecule has 0 spiro atoms. The molecule has 0 amide bonds. The molecule has 1 aromatic carbocycles. The minimum Gasteiger partial charge on any atom is -0.493 e. The summed E-state index contributed by atoms with van der Waals surface area (Å²) in [6, 6.07) is 2.92. The summed E-state index contributed by atoms with van der Waals surface area (Å²) in [6.07, 6.45) is -14.3. The standard InChI is InChI=1S/C21H32O13/c1-8-13(23)15(25)17(27)20(31-8)34-19-16(26)14(24)12(7-22)33-21(19)32-9-5-10(28-2)18(30-4)11(6-9)29-3/h5-6,8,12-17,19-27H,7H2,1-4H3/t8-,12+,13-,14+,15+,16-,17+,19+,20-,21+/m0/s1. The van der Waals surface area contributed by atoms with Gasteiger partial charge in [-0.15, -0.1) is 0 Å². The highest BCUT2D eigenvalue weighted by Gasteiger charge is 2.50. The normalized spacial score (nSPS) is 38.3. The number of aliphatic hydroxyl groups excluding tert-OH is 6. The number of benzene rings is 1. The maximum absolute atomic E-state index is 10.7. The number of rotatable bonds is 8. The van der Waals surface area contributed by atoms with Crippen molar-refractivity contribution in [3.63, 3.8) is 0 Å². The van der Waals surface area contributed by atoms with Gasteiger partial charge in [0.25, 0.3) is 0 Å². The van der Waals surface area contributed by atoms with Crippen molar-refractivity contribution >= 4 is 0 Å². The van der Waals surface area contributed by atoms with Crippen molar-refractivity contribution in [3.05, 3.63) is 12.1 Å². The number of ether oxygens (including phenoxy) is 7. The summed E-state index contributed by atoms with van der Waals surface area (Å²) < 4.78 is 38.5. The summed E-state index contributed by atoms with van der Waals surface area (Å²) in [7, 11) is 4.25. The Morgan fingerprint density at radius 1 is 0.765 bits per heavy atom. The first-order chi connectivity index (χ1) is 16.2. The summed E-state index contributed by atoms with van der Waals surface area (Å²) in [4.78, 5) is 0. The average molecular weight is 492 g/mol. The van der Waals surface area contributed by atoms with E-state index in [0.29, 0.717) is 5.75 Å². The second-order valence-corrected chi connectivity index (χ2v) is 7.97. The first kappa shape index (κ1) is 26.7. The smallest absolute Gasteiger partial charge is 0.229 e. The average Bonchev–Trinajstić information content (AvgIpc) is 2.84. The van der Waals surface area contributed by atoms with E-state index in [2.05, 4.69) is 0 Å². The van der Waals surface area contributed by atoms with Crippen molar-refractivity contribution in [2.45, 2.75) is 68.3 Å². The van der Waals surface area contributed by atoms with Crippen molar-refractivity contribution in [1.82, 2.24) is 0 Å². The minimum atomic E-state index is -1.67. The second-order valence-electron chi connectivity index (χ2n) is 7.97. The molecule has 1 aromatic rings. The molecule has 0 bridgehead atoms. The lowest BCUT2D eigenvalue weighted by atomic mass is 9.97. The van der Waals surface area contributed by atoms with Crippen LogP contribution < -0.4 is 18.9 Å². The van der Waals surface area contributed by atoms with Gasteiger partial charge in [-0.1, -0.05) is 0 Å². The van der Waals surface area contributed by atoms with Gasteiger partial charge in [0.05, 0.1) is 34.0 Å². The maximum Gasteiger partial charge on any atom is 0.229 e. The molecule has 2 aliphatic heterocycles. The molecule has 0 aromatic heterocycles. The van der Waals surface area contributed by atoms with Gasteiger partial charge in [-0.3, -0.25) is 0 Å². The summed E-state index contributed by atoms with van der Waals surface area (Å²) in [5, 5.41) is 60.9. The van der Waals surface area contributed by atoms with Gasteiger partial charge in [-0.25, -0.2) is 0 Å². The highest BCUT2D eigenvalue weighted by Crippen LogP contribution is 2.42. The van der Waals surface area contributed by atoms with E-state index >= 15 is 0 Å². The molecule has 0 unspecified atom stereocenters. The molecule has 0 radical (unpaired) electrons. The molecule has 194 valence electrons. The van der Waals surface area contributed by atoms with Crippen LogP contribution in [0.4, 0.5) is 0 Å². The van der Waals surface area contributed by atoms with E-state index in [1.807, 2.05) is 0 Å². The summed E-state index contributed by atoms with van der Waals surface area (Å²) in [6.45, 7) is 0.828. The van der Waals surface area contributed by atoms with Crippen LogP contribution in [0.3, 0.4) is 0 Å². The molecule has 34 heavy (non-hydrogen) atoms. The third-order valence-corrected chi connectivity index (χ3v) is 5.81. The second kappa shape index (κ2) is 11.2. The first-order valence-corrected chi connectivity index (χ1v) is 10.6. The van der Waals surface area contributed by atoms with E-state index in [1.54, 1.807) is 0 Å². The van der Waals surface area contributed by atoms with E-state index < -0.39 is 68.0 Å². The number of hydrogen-bond acceptors (Lipinski definition) is 13. The number of aliphatic hydroxyl groups is 6. The summed E-state index contributed by atoms with van der Waals surface area (Å²) in [5.41, 5.74) is 0. The highest BCUT2D eigenvalue weighted by molar-refractivity contribution is 5.55. The van der Waals surface area contributed by atoms with Gasteiger partial charge in [0.15, 0.2) is 23.9 Å². The SMILES string of the molecule is COc1cc(O[C@@H]2O[C@H](CO)[C@@H](O)[C@H](O)[C@H]2O[C@@H]2O[C@@H](C)[C@H](O)[C@@H](O)[C@H]2O)cc(OC)c1OC. The van der Waals surface area contributed by atoms with Crippen molar-refractivity contribution in [2.24, 2.45) is 0 Å². The van der Waals surface area contributed by atoms with Crippen molar-refractivity contribution < 1.29 is 63.8 Å². The van der Waals surface area contributed by atoms with E-state index in [1.165, 1.54) is 40.4 Å². The van der Waals surface area contributed by atoms with Gasteiger partial charge in [-0.05, 0) is 6.92 Å². The fourth-order valence-electron chi connectivity index (χ4n) is 3.84. The lowest BCUT2D eigenvalue weighted by Crippen LogP contribution is -2.64. The molecule has 0 aliphatic carbocycles. The molecule has 2 heterocycles. The monoisotopic (exact) mass is 492 g/mol. The zero-order valence-electron chi connectivity index (χ0n) is 19.2. The van der Waals surface area contributed by atoms with Gasteiger partial charge < -0.3 is 63.8 Å². The van der Waals surface area contributed by atoms with E-state index in [9.17, 15) is 30.6 Å². The zero-order chi connectivity index (χ0) is 25.2. The molecular formula is C21H32O13. The lowest BCUT2D eigenvalue weighted by Gasteiger charge is -2.45. The number of hydrogen-bond donors (Lipinski definition) is 6.